The summed E-state index contributed by atoms with van der Waals surface area (Å²) in [5.74, 6) is 0. The van der Waals surface area contributed by atoms with Crippen LogP contribution in [-0.4, -0.2) is 0 Å². The largest absolute Gasteiger partial charge is 2.00 e. The average molecular weight is 656 g/mol. The maximum atomic E-state index is 3.72. The Morgan fingerprint density at radius 2 is 1.91 bits per heavy atom. The van der Waals surface area contributed by atoms with Gasteiger partial charge < -0.3 is 6.92 Å². The second kappa shape index (κ2) is 11.3. The van der Waals surface area contributed by atoms with Crippen molar-refractivity contribution in [2.24, 2.45) is 0 Å². The number of hydrogen-bond donors (Lipinski definition) is 0. The van der Waals surface area contributed by atoms with Crippen LogP contribution < -0.4 is 0 Å². The van der Waals surface area contributed by atoms with Gasteiger partial charge in [-0.05, 0) is 0 Å². The van der Waals surface area contributed by atoms with E-state index in [4.69, 9.17) is 0 Å². The van der Waals surface area contributed by atoms with Crippen LogP contribution in [0.3, 0.4) is 0 Å². The maximum absolute atomic E-state index is 3.72. The van der Waals surface area contributed by atoms with E-state index in [1.165, 1.54) is 5.56 Å². The van der Waals surface area contributed by atoms with Gasteiger partial charge in [-0.25, -0.2) is 0 Å². The summed E-state index contributed by atoms with van der Waals surface area (Å²) < 4.78 is 0. The topological polar surface area (TPSA) is 0 Å². The minimum Gasteiger partial charge on any atom is -0.341 e. The van der Waals surface area contributed by atoms with Crippen LogP contribution in [-0.2, 0) is 69.6 Å². The molecule has 0 bridgehead atoms. The van der Waals surface area contributed by atoms with Crippen molar-refractivity contribution in [3.63, 3.8) is 0 Å². The molecule has 11 heavy (non-hydrogen) atoms. The summed E-state index contributed by atoms with van der Waals surface area (Å²) in [6.07, 6.45) is 0.834. The maximum Gasteiger partial charge on any atom is 2.00 e. The van der Waals surface area contributed by atoms with Gasteiger partial charge in [0.1, 0.15) is 0 Å². The van der Waals surface area contributed by atoms with Gasteiger partial charge in [-0.1, -0.05) is 0 Å². The number of hydrogen-bond acceptors (Lipinski definition) is 0. The zero-order chi connectivity index (χ0) is 5.82. The third kappa shape index (κ3) is 7.64. The van der Waals surface area contributed by atoms with Gasteiger partial charge in [0.15, 0.2) is 0 Å². The molecule has 0 aliphatic heterocycles. The molecule has 0 N–H and O–H groups in total. The Bertz CT molecular complexity index is 151. The molecule has 0 aliphatic carbocycles. The zero-order valence-electron chi connectivity index (χ0n) is 5.95. The van der Waals surface area contributed by atoms with Crippen molar-refractivity contribution in [3.05, 3.63) is 42.8 Å². The quantitative estimate of drug-likeness (QED) is 0.406. The average Bonchev–Trinajstić information content (AvgIpc) is 1.90. The second-order valence-corrected chi connectivity index (χ2v) is 1.64. The van der Waals surface area contributed by atoms with E-state index in [0.29, 0.717) is 0 Å². The minimum absolute atomic E-state index is 0. The van der Waals surface area contributed by atoms with Crippen LogP contribution >= 0.6 is 0 Å². The van der Waals surface area contributed by atoms with Gasteiger partial charge in [-0.15, -0.1) is 0 Å². The van der Waals surface area contributed by atoms with Crippen molar-refractivity contribution < 1.29 is 63.2 Å². The van der Waals surface area contributed by atoms with E-state index in [2.05, 4.69) is 13.0 Å². The molecule has 0 radical (unpaired) electrons. The molecule has 0 heterocycles. The Morgan fingerprint density at radius 1 is 1.27 bits per heavy atom. The van der Waals surface area contributed by atoms with Gasteiger partial charge in [0.25, 0.3) is 0 Å². The number of benzene rings is 1. The molecule has 0 amide bonds. The Hall–Kier alpha value is 1.28. The van der Waals surface area contributed by atoms with Crippen LogP contribution in [0, 0.1) is 13.0 Å². The van der Waals surface area contributed by atoms with E-state index in [-0.39, 0.29) is 63.2 Å². The predicted molar refractivity (Wildman–Crippen MR) is 34.3 cm³/mol. The van der Waals surface area contributed by atoms with Crippen LogP contribution in [0.4, 0.5) is 0 Å². The van der Waals surface area contributed by atoms with Gasteiger partial charge in [0.2, 0.25) is 0 Å². The molecule has 0 atom stereocenters. The Kier molecular flexibility index (Phi) is 18.6. The third-order valence-corrected chi connectivity index (χ3v) is 1.04. The second-order valence-electron chi connectivity index (χ2n) is 1.64. The molecule has 1 rings (SSSR count). The molecule has 0 saturated carbocycles. The Morgan fingerprint density at radius 3 is 2.18 bits per heavy atom. The van der Waals surface area contributed by atoms with Gasteiger partial charge in [-0.3, -0.25) is 0 Å². The van der Waals surface area contributed by atoms with Crippen LogP contribution in [0.1, 0.15) is 5.56 Å². The first-order valence-electron chi connectivity index (χ1n) is 2.68. The van der Waals surface area contributed by atoms with E-state index < -0.39 is 0 Å². The van der Waals surface area contributed by atoms with Crippen LogP contribution in [0.5, 0.6) is 0 Å². The van der Waals surface area contributed by atoms with E-state index in [9.17, 15) is 0 Å². The van der Waals surface area contributed by atoms with Crippen molar-refractivity contribution in [2.75, 3.05) is 0 Å². The predicted octanol–water partition coefficient (Wildman–Crippen LogP) is 1.86. The molecule has 0 spiro atoms. The summed E-state index contributed by atoms with van der Waals surface area (Å²) in [5, 5.41) is 0. The summed E-state index contributed by atoms with van der Waals surface area (Å²) in [5.41, 5.74) is 1.17. The molecule has 0 saturated heterocycles. The van der Waals surface area contributed by atoms with Crippen molar-refractivity contribution in [3.8, 4) is 0 Å². The summed E-state index contributed by atoms with van der Waals surface area (Å²) in [6, 6.07) is 10.9. The van der Waals surface area contributed by atoms with E-state index >= 15 is 0 Å². The van der Waals surface area contributed by atoms with Crippen molar-refractivity contribution >= 4 is 0 Å². The molecule has 0 aromatic heterocycles. The molecular weight excluding hydrogens is 648 g/mol. The molecule has 1 aromatic rings. The first kappa shape index (κ1) is 18.1. The number of rotatable bonds is 1. The van der Waals surface area contributed by atoms with Crippen LogP contribution in [0.25, 0.3) is 0 Å². The first-order chi connectivity index (χ1) is 3.93. The van der Waals surface area contributed by atoms with Crippen LogP contribution in [0.2, 0.25) is 0 Å². The Balaban J connectivity index is -0.000000213. The SMILES string of the molecule is [CH2-]Cc1[c-]cccc1.[W+2].[W].[W]. The molecule has 0 nitrogen and oxygen atoms in total. The van der Waals surface area contributed by atoms with Crippen molar-refractivity contribution in [1.29, 1.82) is 0 Å². The molecule has 0 unspecified atom stereocenters. The van der Waals surface area contributed by atoms with Gasteiger partial charge in [-0.2, -0.15) is 42.3 Å². The molecule has 3 heteroatoms. The molecule has 58 valence electrons. The van der Waals surface area contributed by atoms with Crippen LogP contribution in [0.15, 0.2) is 24.3 Å². The zero-order valence-corrected chi connectivity index (χ0v) is 14.7. The fourth-order valence-electron chi connectivity index (χ4n) is 0.586. The molecular formula is C8H8W3. The smallest absolute Gasteiger partial charge is 0.341 e. The van der Waals surface area contributed by atoms with Crippen molar-refractivity contribution in [2.45, 2.75) is 6.42 Å². The summed E-state index contributed by atoms with van der Waals surface area (Å²) >= 11 is 0. The van der Waals surface area contributed by atoms with E-state index in [1.807, 2.05) is 24.3 Å². The van der Waals surface area contributed by atoms with E-state index in [1.54, 1.807) is 0 Å². The standard InChI is InChI=1S/C8H8.3W/c1-2-8-6-4-3-5-7-8;;;/h3-6H,1-2H2;;;/q-2;;;+2. The summed E-state index contributed by atoms with van der Waals surface area (Å²) in [7, 11) is 0. The van der Waals surface area contributed by atoms with Gasteiger partial charge in [0.05, 0.1) is 0 Å². The molecule has 0 fully saturated rings. The monoisotopic (exact) mass is 656 g/mol. The fraction of sp³-hybridized carbons (Fsp3) is 0.125. The van der Waals surface area contributed by atoms with Gasteiger partial charge in [0, 0.05) is 42.1 Å². The first-order valence-corrected chi connectivity index (χ1v) is 2.68. The normalized spacial score (nSPS) is 6.64. The fourth-order valence-corrected chi connectivity index (χ4v) is 0.586. The minimum atomic E-state index is 0. The third-order valence-electron chi connectivity index (χ3n) is 1.04. The molecule has 0 aliphatic rings. The Labute approximate surface area is 111 Å². The van der Waals surface area contributed by atoms with Gasteiger partial charge >= 0.3 is 21.1 Å². The van der Waals surface area contributed by atoms with Crippen molar-refractivity contribution in [1.82, 2.24) is 0 Å². The summed E-state index contributed by atoms with van der Waals surface area (Å²) in [6.45, 7) is 3.72. The molecule has 1 aromatic carbocycles. The van der Waals surface area contributed by atoms with E-state index in [0.717, 1.165) is 6.42 Å². The summed E-state index contributed by atoms with van der Waals surface area (Å²) in [4.78, 5) is 0.